The van der Waals surface area contributed by atoms with Crippen LogP contribution in [0.4, 0.5) is 0 Å². The normalized spacial score (nSPS) is 11.1. The number of ether oxygens (including phenoxy) is 1. The van der Waals surface area contributed by atoms with E-state index in [-0.39, 0.29) is 11.4 Å². The zero-order valence-corrected chi connectivity index (χ0v) is 12.3. The number of hydrogen-bond donors (Lipinski definition) is 1. The van der Waals surface area contributed by atoms with Crippen LogP contribution in [0.2, 0.25) is 0 Å². The molecule has 0 amide bonds. The van der Waals surface area contributed by atoms with Crippen molar-refractivity contribution in [3.8, 4) is 0 Å². The van der Waals surface area contributed by atoms with E-state index in [1.165, 1.54) is 31.4 Å². The average molecular weight is 305 g/mol. The van der Waals surface area contributed by atoms with Gasteiger partial charge in [-0.05, 0) is 29.8 Å². The van der Waals surface area contributed by atoms with E-state index in [2.05, 4.69) is 9.46 Å². The first kappa shape index (κ1) is 15.2. The molecule has 0 aromatic heterocycles. The molecule has 1 N–H and O–H groups in total. The molecule has 2 rings (SSSR count). The SMILES string of the molecule is COC(=O)c1ccc(S(=O)(=O)NCc2ccccc2)cc1. The lowest BCUT2D eigenvalue weighted by atomic mass is 10.2. The second kappa shape index (κ2) is 6.51. The van der Waals surface area contributed by atoms with E-state index in [4.69, 9.17) is 0 Å². The Labute approximate surface area is 123 Å². The van der Waals surface area contributed by atoms with Gasteiger partial charge >= 0.3 is 5.97 Å². The molecular weight excluding hydrogens is 290 g/mol. The summed E-state index contributed by atoms with van der Waals surface area (Å²) in [6.07, 6.45) is 0. The number of esters is 1. The van der Waals surface area contributed by atoms with Gasteiger partial charge in [0, 0.05) is 6.54 Å². The summed E-state index contributed by atoms with van der Waals surface area (Å²) in [5, 5.41) is 0. The monoisotopic (exact) mass is 305 g/mol. The maximum atomic E-state index is 12.1. The first-order chi connectivity index (χ1) is 10.0. The summed E-state index contributed by atoms with van der Waals surface area (Å²) in [6.45, 7) is 0.210. The van der Waals surface area contributed by atoms with Gasteiger partial charge in [-0.1, -0.05) is 30.3 Å². The van der Waals surface area contributed by atoms with Gasteiger partial charge in [0.1, 0.15) is 0 Å². The number of benzene rings is 2. The predicted molar refractivity (Wildman–Crippen MR) is 78.2 cm³/mol. The van der Waals surface area contributed by atoms with Crippen LogP contribution in [0.3, 0.4) is 0 Å². The molecule has 2 aromatic rings. The van der Waals surface area contributed by atoms with Gasteiger partial charge in [0.2, 0.25) is 10.0 Å². The minimum absolute atomic E-state index is 0.103. The summed E-state index contributed by atoms with van der Waals surface area (Å²) >= 11 is 0. The van der Waals surface area contributed by atoms with E-state index >= 15 is 0 Å². The van der Waals surface area contributed by atoms with Crippen LogP contribution in [0.1, 0.15) is 15.9 Å². The number of carbonyl (C=O) groups excluding carboxylic acids is 1. The van der Waals surface area contributed by atoms with Gasteiger partial charge < -0.3 is 4.74 Å². The second-order valence-electron chi connectivity index (χ2n) is 4.33. The van der Waals surface area contributed by atoms with Crippen LogP contribution in [-0.2, 0) is 21.3 Å². The third-order valence-corrected chi connectivity index (χ3v) is 4.31. The minimum Gasteiger partial charge on any atom is -0.465 e. The topological polar surface area (TPSA) is 72.5 Å². The summed E-state index contributed by atoms with van der Waals surface area (Å²) in [4.78, 5) is 11.4. The Kier molecular flexibility index (Phi) is 4.72. The van der Waals surface area contributed by atoms with Crippen LogP contribution < -0.4 is 4.72 Å². The molecule has 21 heavy (non-hydrogen) atoms. The molecule has 0 aliphatic carbocycles. The van der Waals surface area contributed by atoms with Crippen LogP contribution in [0.15, 0.2) is 59.5 Å². The van der Waals surface area contributed by atoms with Gasteiger partial charge in [0.15, 0.2) is 0 Å². The molecule has 110 valence electrons. The lowest BCUT2D eigenvalue weighted by Crippen LogP contribution is -2.23. The Morgan fingerprint density at radius 2 is 1.67 bits per heavy atom. The Morgan fingerprint density at radius 1 is 1.05 bits per heavy atom. The Morgan fingerprint density at radius 3 is 2.24 bits per heavy atom. The highest BCUT2D eigenvalue weighted by Gasteiger charge is 2.14. The highest BCUT2D eigenvalue weighted by Crippen LogP contribution is 2.12. The van der Waals surface area contributed by atoms with Crippen LogP contribution in [0, 0.1) is 0 Å². The number of hydrogen-bond acceptors (Lipinski definition) is 4. The van der Waals surface area contributed by atoms with Crippen molar-refractivity contribution in [2.45, 2.75) is 11.4 Å². The Hall–Kier alpha value is -2.18. The predicted octanol–water partition coefficient (Wildman–Crippen LogP) is 1.95. The molecule has 0 radical (unpaired) electrons. The van der Waals surface area contributed by atoms with E-state index in [1.54, 1.807) is 0 Å². The maximum absolute atomic E-state index is 12.1. The lowest BCUT2D eigenvalue weighted by Gasteiger charge is -2.07. The summed E-state index contributed by atoms with van der Waals surface area (Å²) in [6, 6.07) is 14.8. The summed E-state index contributed by atoms with van der Waals surface area (Å²) in [5.74, 6) is -0.504. The molecule has 0 bridgehead atoms. The zero-order chi connectivity index (χ0) is 15.3. The van der Waals surface area contributed by atoms with E-state index in [0.717, 1.165) is 5.56 Å². The molecule has 6 heteroatoms. The van der Waals surface area contributed by atoms with Crippen molar-refractivity contribution in [2.75, 3.05) is 7.11 Å². The van der Waals surface area contributed by atoms with Gasteiger partial charge in [-0.2, -0.15) is 0 Å². The van der Waals surface area contributed by atoms with Crippen molar-refractivity contribution >= 4 is 16.0 Å². The second-order valence-corrected chi connectivity index (χ2v) is 6.09. The third-order valence-electron chi connectivity index (χ3n) is 2.89. The summed E-state index contributed by atoms with van der Waals surface area (Å²) < 4.78 is 31.3. The number of sulfonamides is 1. The number of carbonyl (C=O) groups is 1. The fourth-order valence-electron chi connectivity index (χ4n) is 1.75. The smallest absolute Gasteiger partial charge is 0.337 e. The first-order valence-electron chi connectivity index (χ1n) is 6.25. The number of nitrogens with one attached hydrogen (secondary N) is 1. The molecule has 0 atom stereocenters. The molecule has 0 aliphatic rings. The van der Waals surface area contributed by atoms with Crippen molar-refractivity contribution in [1.29, 1.82) is 0 Å². The minimum atomic E-state index is -3.61. The van der Waals surface area contributed by atoms with Crippen LogP contribution in [0.25, 0.3) is 0 Å². The highest BCUT2D eigenvalue weighted by molar-refractivity contribution is 7.89. The molecule has 0 aliphatic heterocycles. The van der Waals surface area contributed by atoms with Crippen molar-refractivity contribution in [3.05, 3.63) is 65.7 Å². The van der Waals surface area contributed by atoms with E-state index in [1.807, 2.05) is 30.3 Å². The zero-order valence-electron chi connectivity index (χ0n) is 11.4. The summed E-state index contributed by atoms with van der Waals surface area (Å²) in [7, 11) is -2.34. The van der Waals surface area contributed by atoms with Gasteiger partial charge in [0.25, 0.3) is 0 Å². The number of rotatable bonds is 5. The first-order valence-corrected chi connectivity index (χ1v) is 7.73. The van der Waals surface area contributed by atoms with Crippen molar-refractivity contribution in [1.82, 2.24) is 4.72 Å². The standard InChI is InChI=1S/C15H15NO4S/c1-20-15(17)13-7-9-14(10-8-13)21(18,19)16-11-12-5-3-2-4-6-12/h2-10,16H,11H2,1H3. The van der Waals surface area contributed by atoms with E-state index < -0.39 is 16.0 Å². The van der Waals surface area contributed by atoms with Crippen molar-refractivity contribution in [2.24, 2.45) is 0 Å². The lowest BCUT2D eigenvalue weighted by molar-refractivity contribution is 0.0600. The molecule has 0 heterocycles. The summed E-state index contributed by atoms with van der Waals surface area (Å²) in [5.41, 5.74) is 1.17. The largest absolute Gasteiger partial charge is 0.465 e. The van der Waals surface area contributed by atoms with Gasteiger partial charge in [0.05, 0.1) is 17.6 Å². The van der Waals surface area contributed by atoms with Gasteiger partial charge in [-0.3, -0.25) is 0 Å². The van der Waals surface area contributed by atoms with Crippen LogP contribution in [0.5, 0.6) is 0 Å². The van der Waals surface area contributed by atoms with E-state index in [0.29, 0.717) is 5.56 Å². The Bertz CT molecular complexity index is 709. The van der Waals surface area contributed by atoms with Crippen LogP contribution in [-0.4, -0.2) is 21.5 Å². The fraction of sp³-hybridized carbons (Fsp3) is 0.133. The molecule has 0 unspecified atom stereocenters. The Balaban J connectivity index is 2.10. The van der Waals surface area contributed by atoms with Crippen LogP contribution >= 0.6 is 0 Å². The molecule has 0 fully saturated rings. The van der Waals surface area contributed by atoms with E-state index in [9.17, 15) is 13.2 Å². The highest BCUT2D eigenvalue weighted by atomic mass is 32.2. The quantitative estimate of drug-likeness (QED) is 0.857. The molecule has 2 aromatic carbocycles. The third kappa shape index (κ3) is 3.90. The van der Waals surface area contributed by atoms with Gasteiger partial charge in [-0.15, -0.1) is 0 Å². The van der Waals surface area contributed by atoms with Crippen molar-refractivity contribution in [3.63, 3.8) is 0 Å². The average Bonchev–Trinajstić information content (AvgIpc) is 2.53. The molecular formula is C15H15NO4S. The molecule has 5 nitrogen and oxygen atoms in total. The number of methoxy groups -OCH3 is 1. The maximum Gasteiger partial charge on any atom is 0.337 e. The molecule has 0 spiro atoms. The molecule has 0 saturated carbocycles. The molecule has 0 saturated heterocycles. The van der Waals surface area contributed by atoms with Crippen molar-refractivity contribution < 1.29 is 17.9 Å². The van der Waals surface area contributed by atoms with Gasteiger partial charge in [-0.25, -0.2) is 17.9 Å². The fourth-order valence-corrected chi connectivity index (χ4v) is 2.76.